The van der Waals surface area contributed by atoms with Gasteiger partial charge < -0.3 is 18.9 Å². The fourth-order valence-electron chi connectivity index (χ4n) is 12.1. The Morgan fingerprint density at radius 3 is 1.50 bits per heavy atom. The van der Waals surface area contributed by atoms with E-state index < -0.39 is 44.8 Å². The number of hydrogen-bond acceptors (Lipinski definition) is 8. The van der Waals surface area contributed by atoms with Crippen LogP contribution in [0.25, 0.3) is 0 Å². The molecule has 0 radical (unpaired) electrons. The number of fused-ring (bicyclic) bond motifs is 4. The minimum Gasteiger partial charge on any atom is -0.459 e. The first-order valence-corrected chi connectivity index (χ1v) is 24.8. The van der Waals surface area contributed by atoms with Crippen LogP contribution in [0, 0.1) is 38.4 Å². The molecule has 6 rings (SSSR count). The highest BCUT2D eigenvalue weighted by molar-refractivity contribution is 5.94. The first-order chi connectivity index (χ1) is 31.5. The zero-order valence-electron chi connectivity index (χ0n) is 44.1. The lowest BCUT2D eigenvalue weighted by Gasteiger charge is -2.41. The van der Waals surface area contributed by atoms with Crippen molar-refractivity contribution in [2.45, 2.75) is 179 Å². The van der Waals surface area contributed by atoms with Crippen LogP contribution >= 0.6 is 0 Å². The van der Waals surface area contributed by atoms with Gasteiger partial charge in [-0.25, -0.2) is 9.59 Å². The zero-order valence-corrected chi connectivity index (χ0v) is 44.1. The molecule has 0 N–H and O–H groups in total. The van der Waals surface area contributed by atoms with Crippen LogP contribution in [0.5, 0.6) is 0 Å². The number of carbonyl (C=O) groups is 4. The van der Waals surface area contributed by atoms with E-state index in [0.29, 0.717) is 44.9 Å². The zero-order chi connectivity index (χ0) is 50.5. The molecule has 0 aromatic rings. The number of allylic oxidation sites excluding steroid dienone is 20. The molecule has 8 heteroatoms. The number of hydrogen-bond donors (Lipinski definition) is 0. The Morgan fingerprint density at radius 1 is 0.603 bits per heavy atom. The molecule has 4 bridgehead atoms. The SMILES string of the molecule is CC1=C[C@H](OC(=O)[C@@]23CC[C@@](C)(C(=O)O2)C3(C)C)CC(C)(C)[C@H]1/C=C/C(C)=C/C=C/C(C)=C/C=C/C=C(C)/C=C/C=C(C)/C=C/C1=C(C)C[C@@H](OC(=O)[C@@]23CC[C@@](C)(C(=O)O2)C3(C)C)CC1(C)C. The summed E-state index contributed by atoms with van der Waals surface area (Å²) in [5.41, 5.74) is 2.81. The van der Waals surface area contributed by atoms with Gasteiger partial charge in [0.15, 0.2) is 0 Å². The van der Waals surface area contributed by atoms with Crippen molar-refractivity contribution >= 4 is 23.9 Å². The smallest absolute Gasteiger partial charge is 0.351 e. The monoisotopic (exact) mass is 929 g/mol. The molecular weight excluding hydrogens is 849 g/mol. The molecule has 2 heterocycles. The lowest BCUT2D eigenvalue weighted by Crippen LogP contribution is -2.50. The highest BCUT2D eigenvalue weighted by atomic mass is 16.6. The Balaban J connectivity index is 0.962. The first-order valence-electron chi connectivity index (χ1n) is 24.8. The molecule has 68 heavy (non-hydrogen) atoms. The minimum atomic E-state index is -1.22. The number of rotatable bonds is 14. The van der Waals surface area contributed by atoms with Crippen molar-refractivity contribution in [3.05, 3.63) is 130 Å². The van der Waals surface area contributed by atoms with E-state index in [1.165, 1.54) is 11.1 Å². The second kappa shape index (κ2) is 18.7. The lowest BCUT2D eigenvalue weighted by molar-refractivity contribution is -0.188. The van der Waals surface area contributed by atoms with Crippen LogP contribution in [0.4, 0.5) is 0 Å². The van der Waals surface area contributed by atoms with E-state index in [1.807, 2.05) is 41.5 Å². The second-order valence-electron chi connectivity index (χ2n) is 23.8. The van der Waals surface area contributed by atoms with E-state index in [1.54, 1.807) is 0 Å². The number of ether oxygens (including phenoxy) is 4. The molecule has 8 nitrogen and oxygen atoms in total. The predicted octanol–water partition coefficient (Wildman–Crippen LogP) is 13.7. The summed E-state index contributed by atoms with van der Waals surface area (Å²) in [6.45, 7) is 33.1. The Labute approximate surface area is 408 Å². The topological polar surface area (TPSA) is 105 Å². The summed E-state index contributed by atoms with van der Waals surface area (Å²) < 4.78 is 23.9. The highest BCUT2D eigenvalue weighted by Crippen LogP contribution is 2.67. The third kappa shape index (κ3) is 9.27. The van der Waals surface area contributed by atoms with Crippen molar-refractivity contribution < 1.29 is 38.1 Å². The van der Waals surface area contributed by atoms with Crippen LogP contribution in [-0.2, 0) is 38.1 Å². The van der Waals surface area contributed by atoms with Crippen molar-refractivity contribution in [1.29, 1.82) is 0 Å². The standard InChI is InChI=1S/C60H80O8/c1-39(23-19-25-41(3)27-29-47-43(5)35-45(37-53(47,7)8)65-51(63)59-33-31-57(15,49(61)67-59)55(59,11)12)21-17-18-22-40(2)24-20-26-42(4)28-30-48-44(6)36-46(38-54(48,9)10)66-52(64)60-34-32-58(16,50(62)68-60)56(60,13)14/h17-30,35,45-47H,31-34,36-38H2,1-16H3/b18-17+,23-19+,24-20+,29-27+,30-28+,39-21+,40-22+,41-25+,42-26+/t45-,46+,47-,57-,58-,59+,60+/m0/s1. The molecule has 2 saturated heterocycles. The average Bonchev–Trinajstić information content (AvgIpc) is 3.69. The molecule has 0 unspecified atom stereocenters. The van der Waals surface area contributed by atoms with Crippen LogP contribution in [0.1, 0.15) is 156 Å². The van der Waals surface area contributed by atoms with Gasteiger partial charge in [0.1, 0.15) is 12.2 Å². The van der Waals surface area contributed by atoms with Crippen molar-refractivity contribution in [3.63, 3.8) is 0 Å². The molecule has 0 spiro atoms. The van der Waals surface area contributed by atoms with Crippen LogP contribution in [-0.4, -0.2) is 47.3 Å². The van der Waals surface area contributed by atoms with E-state index in [-0.39, 0.29) is 40.9 Å². The largest absolute Gasteiger partial charge is 0.459 e. The van der Waals surface area contributed by atoms with Gasteiger partial charge in [0.25, 0.3) is 0 Å². The maximum atomic E-state index is 13.7. The lowest BCUT2D eigenvalue weighted by atomic mass is 9.66. The van der Waals surface area contributed by atoms with E-state index in [2.05, 4.69) is 160 Å². The molecule has 368 valence electrons. The summed E-state index contributed by atoms with van der Waals surface area (Å²) in [4.78, 5) is 52.9. The maximum absolute atomic E-state index is 13.7. The van der Waals surface area contributed by atoms with E-state index >= 15 is 0 Å². The molecule has 0 aromatic heterocycles. The van der Waals surface area contributed by atoms with Crippen molar-refractivity contribution in [2.75, 3.05) is 0 Å². The molecule has 4 fully saturated rings. The van der Waals surface area contributed by atoms with Gasteiger partial charge in [0.05, 0.1) is 10.8 Å². The minimum absolute atomic E-state index is 0.145. The first kappa shape index (κ1) is 52.4. The van der Waals surface area contributed by atoms with Gasteiger partial charge in [-0.3, -0.25) is 9.59 Å². The van der Waals surface area contributed by atoms with E-state index in [0.717, 1.165) is 27.9 Å². The summed E-state index contributed by atoms with van der Waals surface area (Å²) in [5.74, 6) is -1.21. The summed E-state index contributed by atoms with van der Waals surface area (Å²) in [6.07, 6.45) is 35.4. The van der Waals surface area contributed by atoms with Crippen LogP contribution in [0.2, 0.25) is 0 Å². The van der Waals surface area contributed by atoms with E-state index in [9.17, 15) is 19.2 Å². The number of esters is 4. The van der Waals surface area contributed by atoms with Crippen LogP contribution in [0.15, 0.2) is 130 Å². The molecular formula is C60H80O8. The molecule has 6 aliphatic rings. The molecule has 7 atom stereocenters. The Bertz CT molecular complexity index is 2430. The molecule has 2 saturated carbocycles. The Hall–Kier alpha value is -4.98. The Morgan fingerprint density at radius 2 is 1.06 bits per heavy atom. The fraction of sp³-hybridized carbons (Fsp3) is 0.567. The quantitative estimate of drug-likeness (QED) is 0.0734. The molecule has 0 amide bonds. The summed E-state index contributed by atoms with van der Waals surface area (Å²) in [7, 11) is 0. The number of carbonyl (C=O) groups excluding carboxylic acids is 4. The molecule has 0 aromatic carbocycles. The summed E-state index contributed by atoms with van der Waals surface area (Å²) in [5, 5.41) is 0. The third-order valence-corrected chi connectivity index (χ3v) is 17.7. The summed E-state index contributed by atoms with van der Waals surface area (Å²) >= 11 is 0. The second-order valence-corrected chi connectivity index (χ2v) is 23.8. The van der Waals surface area contributed by atoms with Crippen molar-refractivity contribution in [3.8, 4) is 0 Å². The van der Waals surface area contributed by atoms with Gasteiger partial charge in [-0.05, 0) is 116 Å². The van der Waals surface area contributed by atoms with E-state index in [4.69, 9.17) is 18.9 Å². The fourth-order valence-corrected chi connectivity index (χ4v) is 12.1. The average molecular weight is 929 g/mol. The van der Waals surface area contributed by atoms with Crippen LogP contribution in [0.3, 0.4) is 0 Å². The molecule has 4 aliphatic carbocycles. The Kier molecular flexibility index (Phi) is 14.4. The maximum Gasteiger partial charge on any atom is 0.351 e. The summed E-state index contributed by atoms with van der Waals surface area (Å²) in [6, 6.07) is 0. The van der Waals surface area contributed by atoms with Gasteiger partial charge in [0, 0.05) is 23.2 Å². The van der Waals surface area contributed by atoms with Crippen LogP contribution < -0.4 is 0 Å². The van der Waals surface area contributed by atoms with Gasteiger partial charge >= 0.3 is 23.9 Å². The van der Waals surface area contributed by atoms with Crippen molar-refractivity contribution in [1.82, 2.24) is 0 Å². The van der Waals surface area contributed by atoms with Gasteiger partial charge in [-0.1, -0.05) is 174 Å². The van der Waals surface area contributed by atoms with Gasteiger partial charge in [-0.15, -0.1) is 0 Å². The highest BCUT2D eigenvalue weighted by Gasteiger charge is 2.78. The van der Waals surface area contributed by atoms with Gasteiger partial charge in [0.2, 0.25) is 11.2 Å². The predicted molar refractivity (Wildman–Crippen MR) is 272 cm³/mol. The van der Waals surface area contributed by atoms with Crippen molar-refractivity contribution in [2.24, 2.45) is 38.4 Å². The molecule has 2 aliphatic heterocycles. The normalized spacial score (nSPS) is 34.5. The van der Waals surface area contributed by atoms with Gasteiger partial charge in [-0.2, -0.15) is 0 Å². The third-order valence-electron chi connectivity index (χ3n) is 17.7.